The van der Waals surface area contributed by atoms with Crippen molar-refractivity contribution in [3.8, 4) is 0 Å². The predicted octanol–water partition coefficient (Wildman–Crippen LogP) is 2.11. The van der Waals surface area contributed by atoms with E-state index in [1.54, 1.807) is 6.92 Å². The molecule has 0 aliphatic heterocycles. The Kier molecular flexibility index (Phi) is 5.71. The van der Waals surface area contributed by atoms with Gasteiger partial charge in [0.2, 0.25) is 5.91 Å². The Morgan fingerprint density at radius 3 is 2.33 bits per heavy atom. The molecule has 1 rings (SSSR count). The number of hydrogen-bond donors (Lipinski definition) is 3. The van der Waals surface area contributed by atoms with Gasteiger partial charge in [0, 0.05) is 10.9 Å². The molecule has 1 heterocycles. The summed E-state index contributed by atoms with van der Waals surface area (Å²) in [6, 6.07) is -1.19. The summed E-state index contributed by atoms with van der Waals surface area (Å²) < 4.78 is 0. The third kappa shape index (κ3) is 6.12. The highest BCUT2D eigenvalue weighted by Crippen LogP contribution is 2.15. The van der Waals surface area contributed by atoms with Crippen molar-refractivity contribution in [2.45, 2.75) is 59.2 Å². The Morgan fingerprint density at radius 2 is 1.86 bits per heavy atom. The van der Waals surface area contributed by atoms with Gasteiger partial charge < -0.3 is 16.0 Å². The van der Waals surface area contributed by atoms with Crippen LogP contribution in [-0.2, 0) is 4.79 Å². The summed E-state index contributed by atoms with van der Waals surface area (Å²) in [6.45, 7) is 11.1. The number of amides is 3. The van der Waals surface area contributed by atoms with Crippen molar-refractivity contribution in [3.63, 3.8) is 0 Å². The van der Waals surface area contributed by atoms with E-state index in [1.807, 2.05) is 40.0 Å². The average molecular weight is 312 g/mol. The first-order valence-electron chi connectivity index (χ1n) is 6.89. The molecule has 7 heteroatoms. The van der Waals surface area contributed by atoms with Crippen molar-refractivity contribution in [1.82, 2.24) is 20.9 Å². The molecule has 1 aromatic rings. The van der Waals surface area contributed by atoms with Crippen molar-refractivity contribution in [2.24, 2.45) is 0 Å². The zero-order valence-electron chi connectivity index (χ0n) is 13.4. The van der Waals surface area contributed by atoms with Gasteiger partial charge in [-0.1, -0.05) is 0 Å². The first-order chi connectivity index (χ1) is 9.58. The van der Waals surface area contributed by atoms with E-state index in [2.05, 4.69) is 20.9 Å². The minimum Gasteiger partial charge on any atom is -0.350 e. The number of hydrogen-bond acceptors (Lipinski definition) is 4. The predicted molar refractivity (Wildman–Crippen MR) is 84.3 cm³/mol. The standard InChI is InChI=1S/C14H24N4O2S/c1-8(11-7-21-10(3)17-11)15-13(20)16-9(2)12(19)18-14(4,5)6/h7-9H,1-6H3,(H,18,19)(H2,15,16,20). The Balaban J connectivity index is 2.48. The molecule has 0 spiro atoms. The summed E-state index contributed by atoms with van der Waals surface area (Å²) >= 11 is 1.54. The van der Waals surface area contributed by atoms with E-state index in [0.29, 0.717) is 0 Å². The topological polar surface area (TPSA) is 83.1 Å². The molecule has 0 saturated carbocycles. The maximum absolute atomic E-state index is 11.9. The Bertz CT molecular complexity index is 507. The smallest absolute Gasteiger partial charge is 0.315 e. The summed E-state index contributed by atoms with van der Waals surface area (Å²) in [5, 5.41) is 11.1. The molecule has 0 aromatic carbocycles. The van der Waals surface area contributed by atoms with E-state index < -0.39 is 6.04 Å². The third-order valence-corrected chi connectivity index (χ3v) is 3.46. The Labute approximate surface area is 129 Å². The summed E-state index contributed by atoms with van der Waals surface area (Å²) in [4.78, 5) is 28.1. The first-order valence-corrected chi connectivity index (χ1v) is 7.77. The normalized spacial score (nSPS) is 14.2. The van der Waals surface area contributed by atoms with Crippen LogP contribution in [0.2, 0.25) is 0 Å². The van der Waals surface area contributed by atoms with Crippen LogP contribution in [0.3, 0.4) is 0 Å². The lowest BCUT2D eigenvalue weighted by molar-refractivity contribution is -0.123. The molecule has 21 heavy (non-hydrogen) atoms. The number of carbonyl (C=O) groups excluding carboxylic acids is 2. The number of rotatable bonds is 4. The van der Waals surface area contributed by atoms with Crippen molar-refractivity contribution in [3.05, 3.63) is 16.1 Å². The monoisotopic (exact) mass is 312 g/mol. The number of thiazole rings is 1. The molecule has 2 atom stereocenters. The first kappa shape index (κ1) is 17.4. The molecule has 0 aliphatic rings. The molecule has 118 valence electrons. The molecule has 6 nitrogen and oxygen atoms in total. The van der Waals surface area contributed by atoms with E-state index in [9.17, 15) is 9.59 Å². The van der Waals surface area contributed by atoms with Gasteiger partial charge in [-0.25, -0.2) is 9.78 Å². The highest BCUT2D eigenvalue weighted by Gasteiger charge is 2.21. The lowest BCUT2D eigenvalue weighted by Gasteiger charge is -2.24. The molecule has 1 aromatic heterocycles. The second kappa shape index (κ2) is 6.89. The van der Waals surface area contributed by atoms with Gasteiger partial charge >= 0.3 is 6.03 Å². The molecule has 0 saturated heterocycles. The maximum atomic E-state index is 11.9. The lowest BCUT2D eigenvalue weighted by Crippen LogP contribution is -2.52. The minimum atomic E-state index is -0.603. The largest absolute Gasteiger partial charge is 0.350 e. The van der Waals surface area contributed by atoms with Crippen LogP contribution < -0.4 is 16.0 Å². The summed E-state index contributed by atoms with van der Waals surface area (Å²) in [5.41, 5.74) is 0.494. The molecule has 0 fully saturated rings. The van der Waals surface area contributed by atoms with Gasteiger partial charge in [0.1, 0.15) is 6.04 Å². The molecular weight excluding hydrogens is 288 g/mol. The van der Waals surface area contributed by atoms with Crippen LogP contribution in [0.5, 0.6) is 0 Å². The fourth-order valence-corrected chi connectivity index (χ4v) is 2.34. The molecule has 0 radical (unpaired) electrons. The van der Waals surface area contributed by atoms with E-state index in [-0.39, 0.29) is 23.5 Å². The SMILES string of the molecule is Cc1nc(C(C)NC(=O)NC(C)C(=O)NC(C)(C)C)cs1. The summed E-state index contributed by atoms with van der Waals surface area (Å²) in [7, 11) is 0. The number of aromatic nitrogens is 1. The number of nitrogens with one attached hydrogen (secondary N) is 3. The van der Waals surface area contributed by atoms with Gasteiger partial charge in [0.15, 0.2) is 0 Å². The number of urea groups is 1. The Hall–Kier alpha value is -1.63. The van der Waals surface area contributed by atoms with Crippen LogP contribution >= 0.6 is 11.3 Å². The molecule has 3 N–H and O–H groups in total. The van der Waals surface area contributed by atoms with Crippen LogP contribution in [0.1, 0.15) is 51.4 Å². The van der Waals surface area contributed by atoms with Crippen LogP contribution in [-0.4, -0.2) is 28.5 Å². The van der Waals surface area contributed by atoms with Gasteiger partial charge in [-0.2, -0.15) is 0 Å². The Morgan fingerprint density at radius 1 is 1.24 bits per heavy atom. The maximum Gasteiger partial charge on any atom is 0.315 e. The highest BCUT2D eigenvalue weighted by atomic mass is 32.1. The average Bonchev–Trinajstić information content (AvgIpc) is 2.73. The van der Waals surface area contributed by atoms with Gasteiger partial charge in [0.25, 0.3) is 0 Å². The molecule has 0 aliphatic carbocycles. The van der Waals surface area contributed by atoms with Crippen LogP contribution in [0, 0.1) is 6.92 Å². The van der Waals surface area contributed by atoms with E-state index >= 15 is 0 Å². The number of nitrogens with zero attached hydrogens (tertiary/aromatic N) is 1. The van der Waals surface area contributed by atoms with Crippen molar-refractivity contribution >= 4 is 23.3 Å². The van der Waals surface area contributed by atoms with Crippen molar-refractivity contribution in [1.29, 1.82) is 0 Å². The van der Waals surface area contributed by atoms with Crippen LogP contribution in [0.4, 0.5) is 4.79 Å². The van der Waals surface area contributed by atoms with Gasteiger partial charge in [-0.15, -0.1) is 11.3 Å². The molecular formula is C14H24N4O2S. The minimum absolute atomic E-state index is 0.201. The third-order valence-electron chi connectivity index (χ3n) is 2.67. The number of carbonyl (C=O) groups is 2. The quantitative estimate of drug-likeness (QED) is 0.796. The summed E-state index contributed by atoms with van der Waals surface area (Å²) in [5.74, 6) is -0.213. The van der Waals surface area contributed by atoms with Crippen molar-refractivity contribution in [2.75, 3.05) is 0 Å². The van der Waals surface area contributed by atoms with E-state index in [1.165, 1.54) is 11.3 Å². The van der Waals surface area contributed by atoms with Crippen LogP contribution in [0.15, 0.2) is 5.38 Å². The zero-order chi connectivity index (χ0) is 16.2. The highest BCUT2D eigenvalue weighted by molar-refractivity contribution is 7.09. The van der Waals surface area contributed by atoms with Crippen LogP contribution in [0.25, 0.3) is 0 Å². The molecule has 2 unspecified atom stereocenters. The van der Waals surface area contributed by atoms with Gasteiger partial charge in [-0.05, 0) is 41.5 Å². The molecule has 3 amide bonds. The number of aryl methyl sites for hydroxylation is 1. The van der Waals surface area contributed by atoms with E-state index in [0.717, 1.165) is 10.7 Å². The fraction of sp³-hybridized carbons (Fsp3) is 0.643. The lowest BCUT2D eigenvalue weighted by atomic mass is 10.1. The molecule has 0 bridgehead atoms. The summed E-state index contributed by atoms with van der Waals surface area (Å²) in [6.07, 6.45) is 0. The second-order valence-corrected chi connectivity index (χ2v) is 7.15. The van der Waals surface area contributed by atoms with Gasteiger partial charge in [-0.3, -0.25) is 4.79 Å². The van der Waals surface area contributed by atoms with Gasteiger partial charge in [0.05, 0.1) is 16.7 Å². The fourth-order valence-electron chi connectivity index (χ4n) is 1.63. The van der Waals surface area contributed by atoms with E-state index in [4.69, 9.17) is 0 Å². The van der Waals surface area contributed by atoms with Crippen molar-refractivity contribution < 1.29 is 9.59 Å². The second-order valence-electron chi connectivity index (χ2n) is 6.09. The zero-order valence-corrected chi connectivity index (χ0v) is 14.2.